The van der Waals surface area contributed by atoms with Crippen LogP contribution in [0.4, 0.5) is 0 Å². The summed E-state index contributed by atoms with van der Waals surface area (Å²) in [4.78, 5) is 0. The van der Waals surface area contributed by atoms with Crippen LogP contribution in [-0.4, -0.2) is 16.5 Å². The van der Waals surface area contributed by atoms with Gasteiger partial charge in [-0.3, -0.25) is 0 Å². The van der Waals surface area contributed by atoms with Crippen LogP contribution in [0.3, 0.4) is 0 Å². The summed E-state index contributed by atoms with van der Waals surface area (Å²) in [5.41, 5.74) is 1.48. The fourth-order valence-electron chi connectivity index (χ4n) is 2.76. The maximum Gasteiger partial charge on any atom is -0.0175 e. The van der Waals surface area contributed by atoms with Gasteiger partial charge in [0.25, 0.3) is 0 Å². The number of hydrogen-bond acceptors (Lipinski definition) is 0. The molecule has 0 aliphatic carbocycles. The van der Waals surface area contributed by atoms with E-state index in [2.05, 4.69) is 71.9 Å². The van der Waals surface area contributed by atoms with Crippen LogP contribution in [-0.2, 0) is 6.42 Å². The normalized spacial score (nSPS) is 13.1. The lowest BCUT2D eigenvalue weighted by Gasteiger charge is -2.41. The van der Waals surface area contributed by atoms with E-state index >= 15 is 0 Å². The number of benzene rings is 1. The average molecular weight is 264 g/mol. The van der Waals surface area contributed by atoms with Gasteiger partial charge in [0.2, 0.25) is 0 Å². The molecule has 0 unspecified atom stereocenters. The summed E-state index contributed by atoms with van der Waals surface area (Å²) in [6.07, 6.45) is 3.94. The van der Waals surface area contributed by atoms with Crippen LogP contribution in [0.15, 0.2) is 30.3 Å². The topological polar surface area (TPSA) is 0 Å². The monoisotopic (exact) mass is 264 g/mol. The van der Waals surface area contributed by atoms with Gasteiger partial charge < -0.3 is 0 Å². The van der Waals surface area contributed by atoms with Gasteiger partial charge in [-0.2, -0.15) is 0 Å². The molecule has 1 aromatic rings. The van der Waals surface area contributed by atoms with Crippen LogP contribution < -0.4 is 0 Å². The Morgan fingerprint density at radius 2 is 1.33 bits per heavy atom. The Kier molecular flexibility index (Phi) is 5.41. The summed E-state index contributed by atoms with van der Waals surface area (Å²) in [6, 6.07) is 10.9. The lowest BCUT2D eigenvalue weighted by Crippen LogP contribution is -2.26. The zero-order valence-electron chi connectivity index (χ0n) is 13.0. The summed E-state index contributed by atoms with van der Waals surface area (Å²) in [5, 5.41) is 0.925. The van der Waals surface area contributed by atoms with Crippen LogP contribution in [0.2, 0.25) is 0 Å². The van der Waals surface area contributed by atoms with E-state index in [-0.39, 0.29) is 7.92 Å². The predicted octanol–water partition coefficient (Wildman–Crippen LogP) is 5.70. The molecule has 18 heavy (non-hydrogen) atoms. The van der Waals surface area contributed by atoms with Crippen molar-refractivity contribution in [1.82, 2.24) is 0 Å². The van der Waals surface area contributed by atoms with Crippen LogP contribution in [0.5, 0.6) is 0 Å². The first-order valence-corrected chi connectivity index (χ1v) is 8.55. The van der Waals surface area contributed by atoms with E-state index in [1.165, 1.54) is 24.6 Å². The van der Waals surface area contributed by atoms with Gasteiger partial charge in [0.1, 0.15) is 0 Å². The number of rotatable bonds is 4. The summed E-state index contributed by atoms with van der Waals surface area (Å²) < 4.78 is 0. The summed E-state index contributed by atoms with van der Waals surface area (Å²) in [7, 11) is 0.0610. The molecule has 1 aromatic carbocycles. The van der Waals surface area contributed by atoms with Crippen molar-refractivity contribution in [3.8, 4) is 0 Å². The molecule has 0 bridgehead atoms. The molecule has 0 spiro atoms. The lowest BCUT2D eigenvalue weighted by atomic mass is 10.1. The molecule has 0 nitrogen and oxygen atoms in total. The van der Waals surface area contributed by atoms with E-state index in [9.17, 15) is 0 Å². The average Bonchev–Trinajstić information content (AvgIpc) is 2.22. The van der Waals surface area contributed by atoms with E-state index in [0.717, 1.165) is 0 Å². The number of hydrogen-bond donors (Lipinski definition) is 0. The molecule has 0 heterocycles. The SMILES string of the molecule is CC(C)(C)P(CCCc1ccccc1)C(C)(C)C. The van der Waals surface area contributed by atoms with Crippen molar-refractivity contribution in [2.75, 3.05) is 6.16 Å². The van der Waals surface area contributed by atoms with Gasteiger partial charge in [0.05, 0.1) is 0 Å². The Labute approximate surface area is 115 Å². The van der Waals surface area contributed by atoms with Crippen LogP contribution >= 0.6 is 7.92 Å². The molecule has 0 aliphatic heterocycles. The molecule has 0 saturated heterocycles. The second kappa shape index (κ2) is 6.20. The van der Waals surface area contributed by atoms with Crippen molar-refractivity contribution in [1.29, 1.82) is 0 Å². The maximum absolute atomic E-state index is 2.41. The molecule has 0 saturated carbocycles. The Bertz CT molecular complexity index is 326. The summed E-state index contributed by atoms with van der Waals surface area (Å²) >= 11 is 0. The maximum atomic E-state index is 2.41. The van der Waals surface area contributed by atoms with Gasteiger partial charge in [-0.25, -0.2) is 0 Å². The van der Waals surface area contributed by atoms with Gasteiger partial charge >= 0.3 is 0 Å². The van der Waals surface area contributed by atoms with Gasteiger partial charge in [-0.05, 0) is 34.9 Å². The predicted molar refractivity (Wildman–Crippen MR) is 86.1 cm³/mol. The van der Waals surface area contributed by atoms with Crippen LogP contribution in [0.1, 0.15) is 53.5 Å². The summed E-state index contributed by atoms with van der Waals surface area (Å²) in [6.45, 7) is 14.5. The van der Waals surface area contributed by atoms with Crippen molar-refractivity contribution < 1.29 is 0 Å². The molecular formula is C17H29P. The van der Waals surface area contributed by atoms with E-state index < -0.39 is 0 Å². The number of aryl methyl sites for hydroxylation is 1. The molecule has 1 heteroatoms. The van der Waals surface area contributed by atoms with E-state index in [1.807, 2.05) is 0 Å². The van der Waals surface area contributed by atoms with Crippen LogP contribution in [0.25, 0.3) is 0 Å². The highest BCUT2D eigenvalue weighted by Gasteiger charge is 2.33. The third kappa shape index (κ3) is 5.11. The zero-order valence-corrected chi connectivity index (χ0v) is 13.8. The second-order valence-electron chi connectivity index (χ2n) is 7.08. The van der Waals surface area contributed by atoms with Gasteiger partial charge in [0, 0.05) is 0 Å². The molecule has 0 aromatic heterocycles. The minimum absolute atomic E-state index is 0.0610. The lowest BCUT2D eigenvalue weighted by molar-refractivity contribution is 0.697. The fraction of sp³-hybridized carbons (Fsp3) is 0.647. The third-order valence-corrected chi connectivity index (χ3v) is 7.31. The summed E-state index contributed by atoms with van der Waals surface area (Å²) in [5.74, 6) is 0. The van der Waals surface area contributed by atoms with E-state index in [1.54, 1.807) is 0 Å². The minimum Gasteiger partial charge on any atom is -0.0956 e. The molecule has 0 atom stereocenters. The quantitative estimate of drug-likeness (QED) is 0.612. The van der Waals surface area contributed by atoms with Crippen molar-refractivity contribution in [3.05, 3.63) is 35.9 Å². The Morgan fingerprint density at radius 1 is 0.833 bits per heavy atom. The zero-order chi connectivity index (χ0) is 13.8. The highest BCUT2D eigenvalue weighted by molar-refractivity contribution is 7.60. The molecule has 0 fully saturated rings. The smallest absolute Gasteiger partial charge is 0.0175 e. The highest BCUT2D eigenvalue weighted by Crippen LogP contribution is 2.59. The molecule has 1 rings (SSSR count). The largest absolute Gasteiger partial charge is 0.0956 e. The Morgan fingerprint density at radius 3 is 1.78 bits per heavy atom. The molecule has 0 radical (unpaired) electrons. The Balaban J connectivity index is 2.54. The minimum atomic E-state index is 0.0610. The first kappa shape index (κ1) is 15.7. The van der Waals surface area contributed by atoms with Crippen molar-refractivity contribution in [2.24, 2.45) is 0 Å². The first-order chi connectivity index (χ1) is 8.21. The fourth-order valence-corrected chi connectivity index (χ4v) is 6.59. The van der Waals surface area contributed by atoms with E-state index in [0.29, 0.717) is 10.3 Å². The Hall–Kier alpha value is -0.350. The molecule has 0 aliphatic rings. The van der Waals surface area contributed by atoms with Crippen LogP contribution in [0, 0.1) is 0 Å². The van der Waals surface area contributed by atoms with Gasteiger partial charge in [0.15, 0.2) is 0 Å². The van der Waals surface area contributed by atoms with Crippen molar-refractivity contribution in [2.45, 2.75) is 64.7 Å². The highest BCUT2D eigenvalue weighted by atomic mass is 31.1. The van der Waals surface area contributed by atoms with Crippen molar-refractivity contribution in [3.63, 3.8) is 0 Å². The molecule has 102 valence electrons. The first-order valence-electron chi connectivity index (χ1n) is 7.03. The second-order valence-corrected chi connectivity index (χ2v) is 11.1. The van der Waals surface area contributed by atoms with E-state index in [4.69, 9.17) is 0 Å². The van der Waals surface area contributed by atoms with Gasteiger partial charge in [-0.15, -0.1) is 0 Å². The molecular weight excluding hydrogens is 235 g/mol. The standard InChI is InChI=1S/C17H29P/c1-16(2,3)18(17(4,5)6)14-10-13-15-11-8-7-9-12-15/h7-9,11-12H,10,13-14H2,1-6H3. The third-order valence-electron chi connectivity index (χ3n) is 3.31. The molecule has 0 amide bonds. The van der Waals surface area contributed by atoms with Gasteiger partial charge in [-0.1, -0.05) is 79.8 Å². The van der Waals surface area contributed by atoms with Crippen molar-refractivity contribution >= 4 is 7.92 Å². The molecule has 0 N–H and O–H groups in total.